The monoisotopic (exact) mass is 472 g/mol. The van der Waals surface area contributed by atoms with Crippen LogP contribution in [0.25, 0.3) is 0 Å². The SMILES string of the molecule is COc1ccc(C2=NN(C(=O)c3ccc(Br)o3)[C@@H](c3cccc(F)c3)C2)cc1OC. The predicted molar refractivity (Wildman–Crippen MR) is 112 cm³/mol. The third-order valence-corrected chi connectivity index (χ3v) is 5.28. The first-order valence-electron chi connectivity index (χ1n) is 9.14. The third-order valence-electron chi connectivity index (χ3n) is 4.85. The molecule has 1 aliphatic rings. The second-order valence-corrected chi connectivity index (χ2v) is 7.43. The van der Waals surface area contributed by atoms with E-state index in [1.54, 1.807) is 50.6 Å². The Hall–Kier alpha value is -3.13. The maximum absolute atomic E-state index is 13.9. The summed E-state index contributed by atoms with van der Waals surface area (Å²) in [4.78, 5) is 13.1. The fraction of sp³-hybridized carbons (Fsp3) is 0.182. The number of methoxy groups -OCH3 is 2. The van der Waals surface area contributed by atoms with Crippen molar-refractivity contribution < 1.29 is 23.1 Å². The molecule has 4 rings (SSSR count). The molecule has 0 N–H and O–H groups in total. The summed E-state index contributed by atoms with van der Waals surface area (Å²) in [6, 6.07) is 14.3. The van der Waals surface area contributed by atoms with Crippen molar-refractivity contribution in [2.75, 3.05) is 14.2 Å². The first-order chi connectivity index (χ1) is 14.5. The molecule has 2 aromatic carbocycles. The molecular weight excluding hydrogens is 455 g/mol. The molecule has 0 spiro atoms. The van der Waals surface area contributed by atoms with Gasteiger partial charge in [-0.1, -0.05) is 12.1 Å². The number of ether oxygens (including phenoxy) is 2. The zero-order chi connectivity index (χ0) is 21.3. The number of nitrogens with zero attached hydrogens (tertiary/aromatic N) is 2. The summed E-state index contributed by atoms with van der Waals surface area (Å²) in [6.07, 6.45) is 0.409. The van der Waals surface area contributed by atoms with E-state index in [0.717, 1.165) is 5.56 Å². The van der Waals surface area contributed by atoms with Gasteiger partial charge in [-0.3, -0.25) is 4.79 Å². The zero-order valence-corrected chi connectivity index (χ0v) is 17.8. The maximum Gasteiger partial charge on any atom is 0.310 e. The van der Waals surface area contributed by atoms with Crippen molar-refractivity contribution in [3.63, 3.8) is 0 Å². The normalized spacial score (nSPS) is 15.8. The Bertz CT molecular complexity index is 1130. The number of hydrazone groups is 1. The van der Waals surface area contributed by atoms with E-state index in [0.29, 0.717) is 33.9 Å². The van der Waals surface area contributed by atoms with Gasteiger partial charge in [0.15, 0.2) is 21.9 Å². The van der Waals surface area contributed by atoms with Gasteiger partial charge in [-0.05, 0) is 64.0 Å². The number of carbonyl (C=O) groups is 1. The van der Waals surface area contributed by atoms with Crippen LogP contribution in [0.3, 0.4) is 0 Å². The van der Waals surface area contributed by atoms with E-state index in [1.165, 1.54) is 17.1 Å². The largest absolute Gasteiger partial charge is 0.493 e. The quantitative estimate of drug-likeness (QED) is 0.512. The molecule has 0 fully saturated rings. The van der Waals surface area contributed by atoms with Crippen molar-refractivity contribution in [3.8, 4) is 11.5 Å². The second kappa shape index (κ2) is 8.31. The summed E-state index contributed by atoms with van der Waals surface area (Å²) >= 11 is 3.21. The lowest BCUT2D eigenvalue weighted by Crippen LogP contribution is -2.26. The number of hydrogen-bond donors (Lipinski definition) is 0. The Labute approximate surface area is 181 Å². The van der Waals surface area contributed by atoms with Crippen molar-refractivity contribution in [2.45, 2.75) is 12.5 Å². The van der Waals surface area contributed by atoms with Crippen LogP contribution in [0.1, 0.15) is 34.1 Å². The Kier molecular flexibility index (Phi) is 5.59. The number of halogens is 2. The van der Waals surface area contributed by atoms with Gasteiger partial charge in [0.2, 0.25) is 0 Å². The standard InChI is InChI=1S/C22H18BrFN2O4/c1-28-18-7-6-13(11-20(18)29-2)16-12-17(14-4-3-5-15(24)10-14)26(25-16)22(27)19-8-9-21(23)30-19/h3-11,17H,12H2,1-2H3/t17-/m1/s1. The van der Waals surface area contributed by atoms with Gasteiger partial charge in [-0.25, -0.2) is 9.40 Å². The third kappa shape index (κ3) is 3.82. The molecule has 3 aromatic rings. The first-order valence-corrected chi connectivity index (χ1v) is 9.93. The minimum Gasteiger partial charge on any atom is -0.493 e. The zero-order valence-electron chi connectivity index (χ0n) is 16.3. The molecule has 0 radical (unpaired) electrons. The van der Waals surface area contributed by atoms with Crippen molar-refractivity contribution >= 4 is 27.5 Å². The topological polar surface area (TPSA) is 64.3 Å². The summed E-state index contributed by atoms with van der Waals surface area (Å²) in [7, 11) is 3.12. The number of rotatable bonds is 5. The van der Waals surface area contributed by atoms with Crippen molar-refractivity contribution in [1.29, 1.82) is 0 Å². The first kappa shape index (κ1) is 20.2. The van der Waals surface area contributed by atoms with Crippen molar-refractivity contribution in [2.24, 2.45) is 5.10 Å². The van der Waals surface area contributed by atoms with Crippen LogP contribution >= 0.6 is 15.9 Å². The maximum atomic E-state index is 13.9. The van der Waals surface area contributed by atoms with Gasteiger partial charge >= 0.3 is 5.91 Å². The van der Waals surface area contributed by atoms with E-state index >= 15 is 0 Å². The molecule has 2 heterocycles. The highest BCUT2D eigenvalue weighted by Crippen LogP contribution is 2.36. The average Bonchev–Trinajstić information content (AvgIpc) is 3.39. The van der Waals surface area contributed by atoms with Crippen LogP contribution < -0.4 is 9.47 Å². The van der Waals surface area contributed by atoms with E-state index in [1.807, 2.05) is 6.07 Å². The fourth-order valence-corrected chi connectivity index (χ4v) is 3.71. The Morgan fingerprint density at radius 1 is 1.13 bits per heavy atom. The van der Waals surface area contributed by atoms with Crippen LogP contribution in [-0.2, 0) is 0 Å². The van der Waals surface area contributed by atoms with E-state index in [-0.39, 0.29) is 11.6 Å². The van der Waals surface area contributed by atoms with E-state index < -0.39 is 11.9 Å². The van der Waals surface area contributed by atoms with Crippen molar-refractivity contribution in [3.05, 3.63) is 82.0 Å². The molecule has 8 heteroatoms. The lowest BCUT2D eigenvalue weighted by molar-refractivity contribution is 0.0677. The minimum atomic E-state index is -0.472. The molecule has 0 saturated heterocycles. The Morgan fingerprint density at radius 2 is 1.93 bits per heavy atom. The van der Waals surface area contributed by atoms with Crippen LogP contribution in [0.15, 0.2) is 68.8 Å². The number of carbonyl (C=O) groups excluding carboxylic acids is 1. The van der Waals surface area contributed by atoms with Gasteiger partial charge in [0.25, 0.3) is 0 Å². The van der Waals surface area contributed by atoms with Gasteiger partial charge in [0.05, 0.1) is 26.0 Å². The molecule has 1 aromatic heterocycles. The molecule has 0 saturated carbocycles. The number of furan rings is 1. The fourth-order valence-electron chi connectivity index (χ4n) is 3.40. The molecule has 154 valence electrons. The molecular formula is C22H18BrFN2O4. The summed E-state index contributed by atoms with van der Waals surface area (Å²) < 4.78 is 30.4. The number of amides is 1. The van der Waals surface area contributed by atoms with E-state index in [2.05, 4.69) is 21.0 Å². The van der Waals surface area contributed by atoms with Crippen molar-refractivity contribution in [1.82, 2.24) is 5.01 Å². The molecule has 1 aliphatic heterocycles. The van der Waals surface area contributed by atoms with Gasteiger partial charge in [-0.15, -0.1) is 0 Å². The van der Waals surface area contributed by atoms with Crippen LogP contribution in [0.2, 0.25) is 0 Å². The molecule has 30 heavy (non-hydrogen) atoms. The molecule has 0 bridgehead atoms. The highest BCUT2D eigenvalue weighted by atomic mass is 79.9. The van der Waals surface area contributed by atoms with Crippen LogP contribution in [0.5, 0.6) is 11.5 Å². The predicted octanol–water partition coefficient (Wildman–Crippen LogP) is 5.19. The summed E-state index contributed by atoms with van der Waals surface area (Å²) in [6.45, 7) is 0. The molecule has 1 atom stereocenters. The minimum absolute atomic E-state index is 0.139. The molecule has 1 amide bonds. The van der Waals surface area contributed by atoms with Crippen LogP contribution in [0, 0.1) is 5.82 Å². The average molecular weight is 473 g/mol. The molecule has 0 unspecified atom stereocenters. The van der Waals surface area contributed by atoms with Gasteiger partial charge in [-0.2, -0.15) is 5.10 Å². The molecule has 0 aliphatic carbocycles. The summed E-state index contributed by atoms with van der Waals surface area (Å²) in [5.74, 6) is 0.501. The van der Waals surface area contributed by atoms with Gasteiger partial charge in [0, 0.05) is 12.0 Å². The Morgan fingerprint density at radius 3 is 2.60 bits per heavy atom. The molecule has 6 nitrogen and oxygen atoms in total. The second-order valence-electron chi connectivity index (χ2n) is 6.64. The van der Waals surface area contributed by atoms with Gasteiger partial charge in [0.1, 0.15) is 5.82 Å². The summed E-state index contributed by atoms with van der Waals surface area (Å²) in [5.41, 5.74) is 2.10. The lowest BCUT2D eigenvalue weighted by Gasteiger charge is -2.21. The van der Waals surface area contributed by atoms with E-state index in [9.17, 15) is 9.18 Å². The highest BCUT2D eigenvalue weighted by Gasteiger charge is 2.35. The number of benzene rings is 2. The Balaban J connectivity index is 1.74. The van der Waals surface area contributed by atoms with Gasteiger partial charge < -0.3 is 13.9 Å². The lowest BCUT2D eigenvalue weighted by atomic mass is 9.98. The number of hydrogen-bond acceptors (Lipinski definition) is 5. The van der Waals surface area contributed by atoms with Crippen LogP contribution in [-0.4, -0.2) is 30.8 Å². The summed E-state index contributed by atoms with van der Waals surface area (Å²) in [5, 5.41) is 5.91. The van der Waals surface area contributed by atoms with Crippen LogP contribution in [0.4, 0.5) is 4.39 Å². The van der Waals surface area contributed by atoms with E-state index in [4.69, 9.17) is 13.9 Å². The highest BCUT2D eigenvalue weighted by molar-refractivity contribution is 9.10. The smallest absolute Gasteiger partial charge is 0.310 e.